The first-order chi connectivity index (χ1) is 8.59. The molecule has 0 saturated heterocycles. The van der Waals surface area contributed by atoms with E-state index in [1.165, 1.54) is 32.1 Å². The van der Waals surface area contributed by atoms with Gasteiger partial charge in [-0.1, -0.05) is 25.5 Å². The first-order valence-electron chi connectivity index (χ1n) is 7.28. The fourth-order valence-electron chi connectivity index (χ4n) is 2.78. The number of hydrogen-bond acceptors (Lipinski definition) is 3. The lowest BCUT2D eigenvalue weighted by molar-refractivity contribution is 0.385. The van der Waals surface area contributed by atoms with Gasteiger partial charge in [0.2, 0.25) is 0 Å². The molecule has 3 heteroatoms. The number of rotatable bonds is 3. The van der Waals surface area contributed by atoms with E-state index in [9.17, 15) is 0 Å². The van der Waals surface area contributed by atoms with E-state index in [1.807, 2.05) is 0 Å². The first-order valence-corrected chi connectivity index (χ1v) is 7.28. The quantitative estimate of drug-likeness (QED) is 0.779. The monoisotopic (exact) mass is 249 g/mol. The molecule has 0 amide bonds. The molecule has 102 valence electrons. The van der Waals surface area contributed by atoms with Crippen LogP contribution in [0.25, 0.3) is 0 Å². The maximum atomic E-state index is 4.57. The van der Waals surface area contributed by atoms with E-state index in [0.29, 0.717) is 0 Å². The summed E-state index contributed by atoms with van der Waals surface area (Å²) in [5, 5.41) is 3.54. The maximum Gasteiger partial charge on any atom is 0.193 e. The molecule has 2 aliphatic rings. The molecule has 0 spiro atoms. The summed E-state index contributed by atoms with van der Waals surface area (Å²) < 4.78 is 0. The third-order valence-corrected chi connectivity index (χ3v) is 4.12. The topological polar surface area (TPSA) is 27.6 Å². The molecule has 1 aliphatic heterocycles. The van der Waals surface area contributed by atoms with Gasteiger partial charge < -0.3 is 10.2 Å². The zero-order chi connectivity index (χ0) is 13.0. The molecular formula is C15H27N3. The summed E-state index contributed by atoms with van der Waals surface area (Å²) in [7, 11) is 2.12. The average Bonchev–Trinajstić information content (AvgIpc) is 2.39. The highest BCUT2D eigenvalue weighted by molar-refractivity contribution is 5.80. The van der Waals surface area contributed by atoms with Crippen molar-refractivity contribution in [1.29, 1.82) is 0 Å². The van der Waals surface area contributed by atoms with E-state index in [4.69, 9.17) is 0 Å². The van der Waals surface area contributed by atoms with Crippen molar-refractivity contribution in [2.75, 3.05) is 26.7 Å². The second-order valence-electron chi connectivity index (χ2n) is 6.19. The lowest BCUT2D eigenvalue weighted by atomic mass is 9.78. The third-order valence-electron chi connectivity index (χ3n) is 4.12. The average molecular weight is 249 g/mol. The first kappa shape index (κ1) is 13.4. The van der Waals surface area contributed by atoms with Crippen molar-refractivity contribution in [3.63, 3.8) is 0 Å². The summed E-state index contributed by atoms with van der Waals surface area (Å²) >= 11 is 0. The van der Waals surface area contributed by atoms with Crippen LogP contribution in [0.15, 0.2) is 16.6 Å². The normalized spacial score (nSPS) is 21.4. The molecule has 0 bridgehead atoms. The van der Waals surface area contributed by atoms with Gasteiger partial charge in [-0.2, -0.15) is 0 Å². The van der Waals surface area contributed by atoms with Crippen LogP contribution >= 0.6 is 0 Å². The van der Waals surface area contributed by atoms with Crippen molar-refractivity contribution in [3.8, 4) is 0 Å². The van der Waals surface area contributed by atoms with Gasteiger partial charge in [0, 0.05) is 32.1 Å². The van der Waals surface area contributed by atoms with Crippen LogP contribution in [0.5, 0.6) is 0 Å². The second-order valence-corrected chi connectivity index (χ2v) is 6.19. The summed E-state index contributed by atoms with van der Waals surface area (Å²) in [6, 6.07) is 0. The van der Waals surface area contributed by atoms with Crippen molar-refractivity contribution in [2.45, 2.75) is 46.0 Å². The van der Waals surface area contributed by atoms with E-state index in [2.05, 4.69) is 42.2 Å². The summed E-state index contributed by atoms with van der Waals surface area (Å²) in [5.41, 5.74) is 1.88. The van der Waals surface area contributed by atoms with Gasteiger partial charge in [-0.3, -0.25) is 4.99 Å². The molecule has 0 saturated carbocycles. The molecule has 0 aromatic heterocycles. The molecule has 18 heavy (non-hydrogen) atoms. The second kappa shape index (κ2) is 5.77. The van der Waals surface area contributed by atoms with Crippen LogP contribution in [0.1, 0.15) is 46.0 Å². The van der Waals surface area contributed by atoms with Crippen LogP contribution in [0.4, 0.5) is 0 Å². The molecule has 0 aromatic rings. The Morgan fingerprint density at radius 2 is 2.17 bits per heavy atom. The molecule has 3 nitrogen and oxygen atoms in total. The molecule has 0 aromatic carbocycles. The number of guanidine groups is 1. The lowest BCUT2D eigenvalue weighted by Crippen LogP contribution is -2.45. The van der Waals surface area contributed by atoms with E-state index in [-0.39, 0.29) is 5.41 Å². The minimum absolute atomic E-state index is 0.251. The molecule has 0 atom stereocenters. The Labute approximate surface area is 111 Å². The van der Waals surface area contributed by atoms with Crippen LogP contribution in [-0.4, -0.2) is 37.5 Å². The van der Waals surface area contributed by atoms with E-state index >= 15 is 0 Å². The van der Waals surface area contributed by atoms with Gasteiger partial charge in [0.25, 0.3) is 0 Å². The van der Waals surface area contributed by atoms with Crippen molar-refractivity contribution in [2.24, 2.45) is 10.4 Å². The fraction of sp³-hybridized carbons (Fsp3) is 0.800. The predicted octanol–water partition coefficient (Wildman–Crippen LogP) is 2.79. The predicted molar refractivity (Wildman–Crippen MR) is 77.9 cm³/mol. The summed E-state index contributed by atoms with van der Waals surface area (Å²) in [6.07, 6.45) is 8.89. The minimum atomic E-state index is 0.251. The van der Waals surface area contributed by atoms with Crippen LogP contribution in [0.2, 0.25) is 0 Å². The van der Waals surface area contributed by atoms with Crippen LogP contribution in [0, 0.1) is 5.41 Å². The Morgan fingerprint density at radius 3 is 2.83 bits per heavy atom. The van der Waals surface area contributed by atoms with Crippen LogP contribution in [0.3, 0.4) is 0 Å². The summed E-state index contributed by atoms with van der Waals surface area (Å²) in [4.78, 5) is 6.80. The lowest BCUT2D eigenvalue weighted by Gasteiger charge is -2.33. The molecule has 0 fully saturated rings. The Morgan fingerprint density at radius 1 is 1.33 bits per heavy atom. The van der Waals surface area contributed by atoms with Crippen molar-refractivity contribution in [1.82, 2.24) is 10.2 Å². The molecule has 0 radical (unpaired) electrons. The fourth-order valence-corrected chi connectivity index (χ4v) is 2.78. The molecule has 1 N–H and O–H groups in total. The Bertz CT molecular complexity index is 342. The molecule has 1 heterocycles. The summed E-state index contributed by atoms with van der Waals surface area (Å²) in [6.45, 7) is 7.77. The highest BCUT2D eigenvalue weighted by Crippen LogP contribution is 2.33. The zero-order valence-electron chi connectivity index (χ0n) is 12.1. The zero-order valence-corrected chi connectivity index (χ0v) is 12.1. The Balaban J connectivity index is 1.92. The maximum absolute atomic E-state index is 4.57. The van der Waals surface area contributed by atoms with Crippen molar-refractivity contribution >= 4 is 5.96 Å². The van der Waals surface area contributed by atoms with Crippen LogP contribution < -0.4 is 5.32 Å². The highest BCUT2D eigenvalue weighted by Gasteiger charge is 2.25. The molecule has 2 rings (SSSR count). The van der Waals surface area contributed by atoms with Gasteiger partial charge in [0.05, 0.1) is 0 Å². The van der Waals surface area contributed by atoms with Gasteiger partial charge in [-0.05, 0) is 32.1 Å². The highest BCUT2D eigenvalue weighted by atomic mass is 15.3. The Hall–Kier alpha value is -0.990. The number of aliphatic imine (C=N–C) groups is 1. The number of allylic oxidation sites excluding steroid dienone is 1. The van der Waals surface area contributed by atoms with Gasteiger partial charge >= 0.3 is 0 Å². The SMILES string of the molecule is CN1CCCN=C1NCC(C)(C)C1=CCCCC1. The van der Waals surface area contributed by atoms with E-state index in [1.54, 1.807) is 5.57 Å². The van der Waals surface area contributed by atoms with E-state index in [0.717, 1.165) is 25.6 Å². The van der Waals surface area contributed by atoms with Gasteiger partial charge in [0.15, 0.2) is 5.96 Å². The van der Waals surface area contributed by atoms with Gasteiger partial charge in [-0.25, -0.2) is 0 Å². The van der Waals surface area contributed by atoms with Crippen molar-refractivity contribution in [3.05, 3.63) is 11.6 Å². The van der Waals surface area contributed by atoms with Crippen molar-refractivity contribution < 1.29 is 0 Å². The number of nitrogens with one attached hydrogen (secondary N) is 1. The molecule has 1 aliphatic carbocycles. The molecule has 0 unspecified atom stereocenters. The van der Waals surface area contributed by atoms with E-state index < -0.39 is 0 Å². The molecular weight excluding hydrogens is 222 g/mol. The minimum Gasteiger partial charge on any atom is -0.355 e. The van der Waals surface area contributed by atoms with Crippen LogP contribution in [-0.2, 0) is 0 Å². The van der Waals surface area contributed by atoms with Gasteiger partial charge in [0.1, 0.15) is 0 Å². The smallest absolute Gasteiger partial charge is 0.193 e. The number of hydrogen-bond donors (Lipinski definition) is 1. The summed E-state index contributed by atoms with van der Waals surface area (Å²) in [5.74, 6) is 1.07. The Kier molecular flexibility index (Phi) is 4.31. The third kappa shape index (κ3) is 3.27. The largest absolute Gasteiger partial charge is 0.355 e. The van der Waals surface area contributed by atoms with Gasteiger partial charge in [-0.15, -0.1) is 0 Å². The number of nitrogens with zero attached hydrogens (tertiary/aromatic N) is 2. The standard InChI is InChI=1S/C15H27N3/c1-15(2,13-8-5-4-6-9-13)12-17-14-16-10-7-11-18(14)3/h8H,4-7,9-12H2,1-3H3,(H,16,17).